The number of hydrogen-bond acceptors (Lipinski definition) is 2. The van der Waals surface area contributed by atoms with Crippen molar-refractivity contribution in [2.24, 2.45) is 11.7 Å². The van der Waals surface area contributed by atoms with Crippen LogP contribution in [-0.2, 0) is 0 Å². The molecule has 2 heteroatoms. The summed E-state index contributed by atoms with van der Waals surface area (Å²) in [5, 5.41) is 0. The SMILES string of the molecule is CCCC1CCCN(CCCN)CC1. The second-order valence-corrected chi connectivity index (χ2v) is 4.57. The van der Waals surface area contributed by atoms with Crippen LogP contribution in [0.25, 0.3) is 0 Å². The van der Waals surface area contributed by atoms with Crippen LogP contribution in [0.2, 0.25) is 0 Å². The Labute approximate surface area is 88.8 Å². The Morgan fingerprint density at radius 3 is 2.86 bits per heavy atom. The van der Waals surface area contributed by atoms with Crippen molar-refractivity contribution in [1.82, 2.24) is 4.90 Å². The Balaban J connectivity index is 2.19. The van der Waals surface area contributed by atoms with E-state index in [0.717, 1.165) is 12.5 Å². The molecule has 1 fully saturated rings. The molecule has 0 spiro atoms. The van der Waals surface area contributed by atoms with Crippen LogP contribution in [0.3, 0.4) is 0 Å². The number of hydrogen-bond donors (Lipinski definition) is 1. The van der Waals surface area contributed by atoms with E-state index in [4.69, 9.17) is 5.73 Å². The van der Waals surface area contributed by atoms with Crippen molar-refractivity contribution in [2.75, 3.05) is 26.2 Å². The molecule has 2 N–H and O–H groups in total. The average molecular weight is 198 g/mol. The fourth-order valence-electron chi connectivity index (χ4n) is 2.46. The molecule has 84 valence electrons. The molecule has 14 heavy (non-hydrogen) atoms. The van der Waals surface area contributed by atoms with E-state index in [0.29, 0.717) is 0 Å². The van der Waals surface area contributed by atoms with Gasteiger partial charge >= 0.3 is 0 Å². The molecule has 1 aliphatic rings. The number of nitrogens with two attached hydrogens (primary N) is 1. The average Bonchev–Trinajstić information content (AvgIpc) is 2.41. The monoisotopic (exact) mass is 198 g/mol. The third-order valence-electron chi connectivity index (χ3n) is 3.32. The summed E-state index contributed by atoms with van der Waals surface area (Å²) in [5.41, 5.74) is 5.53. The molecule has 2 nitrogen and oxygen atoms in total. The third-order valence-corrected chi connectivity index (χ3v) is 3.32. The highest BCUT2D eigenvalue weighted by molar-refractivity contribution is 4.69. The smallest absolute Gasteiger partial charge is 0.000672 e. The van der Waals surface area contributed by atoms with Gasteiger partial charge in [0.25, 0.3) is 0 Å². The van der Waals surface area contributed by atoms with Gasteiger partial charge in [-0.05, 0) is 57.8 Å². The van der Waals surface area contributed by atoms with E-state index in [1.165, 1.54) is 58.2 Å². The molecule has 0 aromatic heterocycles. The van der Waals surface area contributed by atoms with Crippen LogP contribution in [-0.4, -0.2) is 31.1 Å². The summed E-state index contributed by atoms with van der Waals surface area (Å²) >= 11 is 0. The molecule has 1 rings (SSSR count). The van der Waals surface area contributed by atoms with Crippen molar-refractivity contribution in [3.63, 3.8) is 0 Å². The van der Waals surface area contributed by atoms with E-state index >= 15 is 0 Å². The first-order chi connectivity index (χ1) is 6.86. The van der Waals surface area contributed by atoms with Crippen molar-refractivity contribution in [3.8, 4) is 0 Å². The van der Waals surface area contributed by atoms with Gasteiger partial charge in [0, 0.05) is 0 Å². The van der Waals surface area contributed by atoms with Gasteiger partial charge in [-0.15, -0.1) is 0 Å². The van der Waals surface area contributed by atoms with Crippen molar-refractivity contribution >= 4 is 0 Å². The lowest BCUT2D eigenvalue weighted by atomic mass is 9.96. The standard InChI is InChI=1S/C12H26N2/c1-2-5-12-6-3-9-14(11-7-12)10-4-8-13/h12H,2-11,13H2,1H3. The third kappa shape index (κ3) is 4.43. The summed E-state index contributed by atoms with van der Waals surface area (Å²) in [4.78, 5) is 2.60. The second-order valence-electron chi connectivity index (χ2n) is 4.57. The van der Waals surface area contributed by atoms with Crippen LogP contribution in [0.1, 0.15) is 45.4 Å². The fourth-order valence-corrected chi connectivity index (χ4v) is 2.46. The van der Waals surface area contributed by atoms with Crippen molar-refractivity contribution < 1.29 is 0 Å². The summed E-state index contributed by atoms with van der Waals surface area (Å²) in [5.74, 6) is 1.00. The predicted molar refractivity (Wildman–Crippen MR) is 62.4 cm³/mol. The van der Waals surface area contributed by atoms with Crippen molar-refractivity contribution in [3.05, 3.63) is 0 Å². The summed E-state index contributed by atoms with van der Waals surface area (Å²) in [6.45, 7) is 6.98. The lowest BCUT2D eigenvalue weighted by Gasteiger charge is -2.19. The molecule has 0 radical (unpaired) electrons. The highest BCUT2D eigenvalue weighted by Gasteiger charge is 2.15. The minimum Gasteiger partial charge on any atom is -0.330 e. The molecular weight excluding hydrogens is 172 g/mol. The van der Waals surface area contributed by atoms with Gasteiger partial charge in [0.2, 0.25) is 0 Å². The van der Waals surface area contributed by atoms with Crippen LogP contribution < -0.4 is 5.73 Å². The summed E-state index contributed by atoms with van der Waals surface area (Å²) < 4.78 is 0. The lowest BCUT2D eigenvalue weighted by molar-refractivity contribution is 0.277. The molecule has 1 heterocycles. The van der Waals surface area contributed by atoms with Crippen LogP contribution in [0.5, 0.6) is 0 Å². The van der Waals surface area contributed by atoms with E-state index < -0.39 is 0 Å². The Kier molecular flexibility index (Phi) is 6.20. The Hall–Kier alpha value is -0.0800. The van der Waals surface area contributed by atoms with Crippen LogP contribution in [0, 0.1) is 5.92 Å². The normalized spacial score (nSPS) is 24.9. The second kappa shape index (κ2) is 7.24. The highest BCUT2D eigenvalue weighted by Crippen LogP contribution is 2.21. The van der Waals surface area contributed by atoms with Crippen LogP contribution in [0.15, 0.2) is 0 Å². The molecule has 0 aromatic carbocycles. The van der Waals surface area contributed by atoms with Gasteiger partial charge in [0.05, 0.1) is 0 Å². The van der Waals surface area contributed by atoms with Gasteiger partial charge in [-0.2, -0.15) is 0 Å². The molecule has 0 aromatic rings. The van der Waals surface area contributed by atoms with E-state index in [9.17, 15) is 0 Å². The minimum atomic E-state index is 0.842. The fraction of sp³-hybridized carbons (Fsp3) is 1.00. The first-order valence-electron chi connectivity index (χ1n) is 6.29. The molecule has 1 saturated heterocycles. The van der Waals surface area contributed by atoms with E-state index in [1.54, 1.807) is 0 Å². The van der Waals surface area contributed by atoms with Gasteiger partial charge < -0.3 is 10.6 Å². The molecule has 1 unspecified atom stereocenters. The van der Waals surface area contributed by atoms with Crippen molar-refractivity contribution in [1.29, 1.82) is 0 Å². The molecule has 0 bridgehead atoms. The minimum absolute atomic E-state index is 0.842. The highest BCUT2D eigenvalue weighted by atomic mass is 15.1. The molecule has 0 saturated carbocycles. The molecule has 1 aliphatic heterocycles. The van der Waals surface area contributed by atoms with E-state index in [-0.39, 0.29) is 0 Å². The maximum atomic E-state index is 5.53. The summed E-state index contributed by atoms with van der Waals surface area (Å²) in [7, 11) is 0. The van der Waals surface area contributed by atoms with Gasteiger partial charge in [0.15, 0.2) is 0 Å². The first kappa shape index (κ1) is 12.0. The molecule has 0 amide bonds. The van der Waals surface area contributed by atoms with Gasteiger partial charge in [-0.1, -0.05) is 19.8 Å². The van der Waals surface area contributed by atoms with Gasteiger partial charge in [-0.3, -0.25) is 0 Å². The van der Waals surface area contributed by atoms with E-state index in [2.05, 4.69) is 11.8 Å². The Morgan fingerprint density at radius 1 is 1.29 bits per heavy atom. The number of nitrogens with zero attached hydrogens (tertiary/aromatic N) is 1. The summed E-state index contributed by atoms with van der Waals surface area (Å²) in [6.07, 6.45) is 8.22. The molecular formula is C12H26N2. The topological polar surface area (TPSA) is 29.3 Å². The first-order valence-corrected chi connectivity index (χ1v) is 6.29. The lowest BCUT2D eigenvalue weighted by Crippen LogP contribution is -2.27. The Bertz CT molecular complexity index is 136. The Morgan fingerprint density at radius 2 is 2.14 bits per heavy atom. The predicted octanol–water partition coefficient (Wildman–Crippen LogP) is 2.24. The van der Waals surface area contributed by atoms with Crippen LogP contribution in [0.4, 0.5) is 0 Å². The van der Waals surface area contributed by atoms with Gasteiger partial charge in [0.1, 0.15) is 0 Å². The number of likely N-dealkylation sites (tertiary alicyclic amines) is 1. The number of rotatable bonds is 5. The zero-order valence-electron chi connectivity index (χ0n) is 9.67. The van der Waals surface area contributed by atoms with Crippen molar-refractivity contribution in [2.45, 2.75) is 45.4 Å². The zero-order valence-corrected chi connectivity index (χ0v) is 9.67. The molecule has 0 aliphatic carbocycles. The largest absolute Gasteiger partial charge is 0.330 e. The maximum Gasteiger partial charge on any atom is -0.000672 e. The van der Waals surface area contributed by atoms with Gasteiger partial charge in [-0.25, -0.2) is 0 Å². The maximum absolute atomic E-state index is 5.53. The summed E-state index contributed by atoms with van der Waals surface area (Å²) in [6, 6.07) is 0. The van der Waals surface area contributed by atoms with Crippen LogP contribution >= 0.6 is 0 Å². The van der Waals surface area contributed by atoms with E-state index in [1.807, 2.05) is 0 Å². The zero-order chi connectivity index (χ0) is 10.2. The molecule has 1 atom stereocenters. The quantitative estimate of drug-likeness (QED) is 0.734.